The third-order valence-corrected chi connectivity index (χ3v) is 5.04. The van der Waals surface area contributed by atoms with Crippen LogP contribution in [-0.2, 0) is 0 Å². The molecule has 1 N–H and O–H groups in total. The maximum atomic E-state index is 3.79. The number of thioether (sulfide) groups is 1. The second-order valence-corrected chi connectivity index (χ2v) is 7.91. The minimum absolute atomic E-state index is 0.478. The van der Waals surface area contributed by atoms with E-state index >= 15 is 0 Å². The van der Waals surface area contributed by atoms with Gasteiger partial charge in [0.2, 0.25) is 0 Å². The van der Waals surface area contributed by atoms with Crippen molar-refractivity contribution in [1.29, 1.82) is 0 Å². The molecule has 1 nitrogen and oxygen atoms in total. The van der Waals surface area contributed by atoms with Crippen molar-refractivity contribution in [2.45, 2.75) is 77.5 Å². The fraction of sp³-hybridized carbons (Fsp3) is 1.00. The lowest BCUT2D eigenvalue weighted by Crippen LogP contribution is -2.40. The molecule has 0 aromatic rings. The van der Waals surface area contributed by atoms with E-state index in [1.165, 1.54) is 50.8 Å². The lowest BCUT2D eigenvalue weighted by molar-refractivity contribution is 0.321. The Morgan fingerprint density at radius 3 is 2.59 bits per heavy atom. The van der Waals surface area contributed by atoms with Crippen molar-refractivity contribution in [1.82, 2.24) is 5.32 Å². The minimum atomic E-state index is 0.478. The highest BCUT2D eigenvalue weighted by atomic mass is 32.2. The SMILES string of the molecule is CCCNC(CCC(C)(C)C)C1CCCCS1. The third-order valence-electron chi connectivity index (χ3n) is 3.53. The number of hydrogen-bond acceptors (Lipinski definition) is 2. The number of hydrogen-bond donors (Lipinski definition) is 1. The molecule has 1 saturated heterocycles. The van der Waals surface area contributed by atoms with Gasteiger partial charge in [0.25, 0.3) is 0 Å². The van der Waals surface area contributed by atoms with Crippen molar-refractivity contribution in [3.05, 3.63) is 0 Å². The van der Waals surface area contributed by atoms with Crippen molar-refractivity contribution < 1.29 is 0 Å². The molecular weight excluding hydrogens is 226 g/mol. The summed E-state index contributed by atoms with van der Waals surface area (Å²) in [5, 5.41) is 4.66. The fourth-order valence-corrected chi connectivity index (χ4v) is 3.89. The van der Waals surface area contributed by atoms with Crippen LogP contribution in [0.1, 0.15) is 66.2 Å². The molecule has 1 aliphatic heterocycles. The molecule has 2 atom stereocenters. The summed E-state index contributed by atoms with van der Waals surface area (Å²) < 4.78 is 0. The molecule has 0 aliphatic carbocycles. The molecule has 1 fully saturated rings. The van der Waals surface area contributed by atoms with Crippen molar-refractivity contribution in [2.75, 3.05) is 12.3 Å². The first-order valence-corrected chi connectivity index (χ1v) is 8.43. The van der Waals surface area contributed by atoms with E-state index in [-0.39, 0.29) is 0 Å². The van der Waals surface area contributed by atoms with Gasteiger partial charge < -0.3 is 5.32 Å². The molecule has 0 radical (unpaired) electrons. The van der Waals surface area contributed by atoms with E-state index in [1.54, 1.807) is 0 Å². The molecule has 0 spiro atoms. The van der Waals surface area contributed by atoms with E-state index < -0.39 is 0 Å². The van der Waals surface area contributed by atoms with E-state index in [0.29, 0.717) is 5.41 Å². The Kier molecular flexibility index (Phi) is 6.94. The summed E-state index contributed by atoms with van der Waals surface area (Å²) in [6.45, 7) is 10.5. The summed E-state index contributed by atoms with van der Waals surface area (Å²) in [6.07, 6.45) is 8.24. The molecule has 2 heteroatoms. The van der Waals surface area contributed by atoms with Gasteiger partial charge in [-0.25, -0.2) is 0 Å². The van der Waals surface area contributed by atoms with Crippen LogP contribution in [0.2, 0.25) is 0 Å². The first-order valence-electron chi connectivity index (χ1n) is 7.38. The van der Waals surface area contributed by atoms with Crippen molar-refractivity contribution in [2.24, 2.45) is 5.41 Å². The Bertz CT molecular complexity index is 192. The van der Waals surface area contributed by atoms with E-state index in [9.17, 15) is 0 Å². The quantitative estimate of drug-likeness (QED) is 0.753. The lowest BCUT2D eigenvalue weighted by Gasteiger charge is -2.32. The average molecular weight is 257 g/mol. The highest BCUT2D eigenvalue weighted by molar-refractivity contribution is 8.00. The zero-order chi connectivity index (χ0) is 12.7. The molecule has 0 amide bonds. The summed E-state index contributed by atoms with van der Waals surface area (Å²) >= 11 is 2.21. The van der Waals surface area contributed by atoms with Crippen LogP contribution >= 0.6 is 11.8 Å². The Labute approximate surface area is 113 Å². The Balaban J connectivity index is 2.40. The smallest absolute Gasteiger partial charge is 0.0201 e. The Morgan fingerprint density at radius 1 is 1.29 bits per heavy atom. The summed E-state index contributed by atoms with van der Waals surface area (Å²) in [7, 11) is 0. The second-order valence-electron chi connectivity index (χ2n) is 6.56. The molecular formula is C15H31NS. The topological polar surface area (TPSA) is 12.0 Å². The third kappa shape index (κ3) is 6.71. The van der Waals surface area contributed by atoms with E-state index in [2.05, 4.69) is 44.8 Å². The molecule has 0 saturated carbocycles. The molecule has 1 aliphatic rings. The normalized spacial score (nSPS) is 23.6. The minimum Gasteiger partial charge on any atom is -0.313 e. The predicted octanol–water partition coefficient (Wildman–Crippen LogP) is 4.47. The van der Waals surface area contributed by atoms with Crippen LogP contribution in [0.25, 0.3) is 0 Å². The van der Waals surface area contributed by atoms with Crippen LogP contribution in [0.5, 0.6) is 0 Å². The van der Waals surface area contributed by atoms with Crippen LogP contribution in [0.4, 0.5) is 0 Å². The van der Waals surface area contributed by atoms with Crippen molar-refractivity contribution in [3.8, 4) is 0 Å². The van der Waals surface area contributed by atoms with E-state index in [4.69, 9.17) is 0 Å². The maximum absolute atomic E-state index is 3.79. The van der Waals surface area contributed by atoms with Crippen LogP contribution in [0.15, 0.2) is 0 Å². The number of rotatable bonds is 6. The molecule has 0 bridgehead atoms. The van der Waals surface area contributed by atoms with Gasteiger partial charge in [-0.15, -0.1) is 0 Å². The Hall–Kier alpha value is 0.310. The summed E-state index contributed by atoms with van der Waals surface area (Å²) in [4.78, 5) is 0. The van der Waals surface area contributed by atoms with Gasteiger partial charge in [0.1, 0.15) is 0 Å². The first-order chi connectivity index (χ1) is 8.03. The highest BCUT2D eigenvalue weighted by Gasteiger charge is 2.25. The Morgan fingerprint density at radius 2 is 2.06 bits per heavy atom. The van der Waals surface area contributed by atoms with Gasteiger partial charge in [0, 0.05) is 11.3 Å². The van der Waals surface area contributed by atoms with Gasteiger partial charge in [-0.2, -0.15) is 11.8 Å². The van der Waals surface area contributed by atoms with Gasteiger partial charge >= 0.3 is 0 Å². The van der Waals surface area contributed by atoms with E-state index in [0.717, 1.165) is 11.3 Å². The van der Waals surface area contributed by atoms with Gasteiger partial charge in [0.15, 0.2) is 0 Å². The molecule has 0 aromatic carbocycles. The molecule has 0 aromatic heterocycles. The van der Waals surface area contributed by atoms with Crippen LogP contribution < -0.4 is 5.32 Å². The molecule has 17 heavy (non-hydrogen) atoms. The van der Waals surface area contributed by atoms with Gasteiger partial charge in [-0.1, -0.05) is 34.1 Å². The van der Waals surface area contributed by atoms with Crippen molar-refractivity contribution in [3.63, 3.8) is 0 Å². The standard InChI is InChI=1S/C15H31NS/c1-5-11-16-13(9-10-15(2,3)4)14-8-6-7-12-17-14/h13-14,16H,5-12H2,1-4H3. The second kappa shape index (κ2) is 7.68. The predicted molar refractivity (Wildman–Crippen MR) is 80.9 cm³/mol. The summed E-state index contributed by atoms with van der Waals surface area (Å²) in [5.41, 5.74) is 0.478. The maximum Gasteiger partial charge on any atom is 0.0201 e. The van der Waals surface area contributed by atoms with Crippen molar-refractivity contribution >= 4 is 11.8 Å². The molecule has 1 rings (SSSR count). The lowest BCUT2D eigenvalue weighted by atomic mass is 9.87. The van der Waals surface area contributed by atoms with E-state index in [1.807, 2.05) is 0 Å². The van der Waals surface area contributed by atoms with Gasteiger partial charge in [0.05, 0.1) is 0 Å². The zero-order valence-electron chi connectivity index (χ0n) is 12.2. The molecule has 2 unspecified atom stereocenters. The summed E-state index contributed by atoms with van der Waals surface area (Å²) in [5.74, 6) is 1.38. The van der Waals surface area contributed by atoms with Crippen LogP contribution in [-0.4, -0.2) is 23.6 Å². The molecule has 1 heterocycles. The fourth-order valence-electron chi connectivity index (χ4n) is 2.42. The monoisotopic (exact) mass is 257 g/mol. The molecule has 102 valence electrons. The van der Waals surface area contributed by atoms with Crippen LogP contribution in [0, 0.1) is 5.41 Å². The van der Waals surface area contributed by atoms with Gasteiger partial charge in [-0.05, 0) is 49.8 Å². The highest BCUT2D eigenvalue weighted by Crippen LogP contribution is 2.31. The summed E-state index contributed by atoms with van der Waals surface area (Å²) in [6, 6.07) is 0.750. The first kappa shape index (κ1) is 15.4. The van der Waals surface area contributed by atoms with Gasteiger partial charge in [-0.3, -0.25) is 0 Å². The van der Waals surface area contributed by atoms with Crippen LogP contribution in [0.3, 0.4) is 0 Å². The largest absolute Gasteiger partial charge is 0.313 e. The number of nitrogens with one attached hydrogen (secondary N) is 1. The zero-order valence-corrected chi connectivity index (χ0v) is 13.0. The average Bonchev–Trinajstić information content (AvgIpc) is 2.29.